The Hall–Kier alpha value is -4.04. The lowest BCUT2D eigenvalue weighted by Gasteiger charge is -2.47. The van der Waals surface area contributed by atoms with E-state index in [0.717, 1.165) is 41.7 Å². The maximum atomic E-state index is 13.5. The van der Waals surface area contributed by atoms with Gasteiger partial charge in [0.1, 0.15) is 25.4 Å². The van der Waals surface area contributed by atoms with Crippen LogP contribution in [-0.4, -0.2) is 85.8 Å². The van der Waals surface area contributed by atoms with E-state index >= 15 is 0 Å². The summed E-state index contributed by atoms with van der Waals surface area (Å²) >= 11 is 0. The van der Waals surface area contributed by atoms with E-state index in [1.54, 1.807) is 30.3 Å². The van der Waals surface area contributed by atoms with Gasteiger partial charge in [0.05, 0.1) is 6.42 Å². The lowest BCUT2D eigenvalue weighted by atomic mass is 9.90. The predicted molar refractivity (Wildman–Crippen MR) is 134 cm³/mol. The van der Waals surface area contributed by atoms with Crippen LogP contribution < -0.4 is 0 Å². The van der Waals surface area contributed by atoms with Crippen molar-refractivity contribution in [2.45, 2.75) is 84.0 Å². The van der Waals surface area contributed by atoms with Crippen LogP contribution in [0.3, 0.4) is 0 Å². The van der Waals surface area contributed by atoms with E-state index in [2.05, 4.69) is 0 Å². The SMILES string of the molecule is CO[C@]1(C(=O)OCc2ccccc2)C[C@@H](OC(C)=O)[C@@H](OC(C)=O)[C@H]([C@H](OC(C)=O)[C@H](COC(C)=O)OC(C)=O)O1. The molecule has 1 fully saturated rings. The molecule has 14 nitrogen and oxygen atoms in total. The van der Waals surface area contributed by atoms with Crippen LogP contribution in [0.4, 0.5) is 0 Å². The molecule has 1 aromatic rings. The van der Waals surface area contributed by atoms with Gasteiger partial charge in [-0.05, 0) is 5.56 Å². The molecule has 1 heterocycles. The van der Waals surface area contributed by atoms with Crippen LogP contribution in [0, 0.1) is 0 Å². The zero-order chi connectivity index (χ0) is 30.7. The molecule has 0 amide bonds. The van der Waals surface area contributed by atoms with Crippen LogP contribution in [0.5, 0.6) is 0 Å². The van der Waals surface area contributed by atoms with E-state index < -0.39 is 85.2 Å². The van der Waals surface area contributed by atoms with Gasteiger partial charge in [-0.25, -0.2) is 4.79 Å². The lowest BCUT2D eigenvalue weighted by Crippen LogP contribution is -2.66. The maximum absolute atomic E-state index is 13.5. The second-order valence-electron chi connectivity index (χ2n) is 9.05. The highest BCUT2D eigenvalue weighted by Crippen LogP contribution is 2.38. The summed E-state index contributed by atoms with van der Waals surface area (Å²) in [6.45, 7) is 4.55. The minimum Gasteiger partial charge on any atom is -0.462 e. The summed E-state index contributed by atoms with van der Waals surface area (Å²) in [6.07, 6.45) is -8.28. The molecule has 1 saturated heterocycles. The van der Waals surface area contributed by atoms with E-state index in [-0.39, 0.29) is 6.61 Å². The highest BCUT2D eigenvalue weighted by Gasteiger charge is 2.60. The van der Waals surface area contributed by atoms with Crippen molar-refractivity contribution in [3.63, 3.8) is 0 Å². The van der Waals surface area contributed by atoms with Crippen molar-refractivity contribution >= 4 is 35.8 Å². The van der Waals surface area contributed by atoms with Crippen molar-refractivity contribution in [2.75, 3.05) is 13.7 Å². The Balaban J connectivity index is 2.62. The van der Waals surface area contributed by atoms with E-state index in [1.807, 2.05) is 0 Å². The number of benzene rings is 1. The molecule has 1 aromatic carbocycles. The summed E-state index contributed by atoms with van der Waals surface area (Å²) in [4.78, 5) is 73.3. The van der Waals surface area contributed by atoms with Crippen LogP contribution >= 0.6 is 0 Å². The second-order valence-corrected chi connectivity index (χ2v) is 9.05. The minimum atomic E-state index is -2.28. The molecular weight excluding hydrogens is 548 g/mol. The second kappa shape index (κ2) is 15.1. The third kappa shape index (κ3) is 9.83. The number of hydrogen-bond donors (Lipinski definition) is 0. The number of carbonyl (C=O) groups excluding carboxylic acids is 6. The van der Waals surface area contributed by atoms with Crippen molar-refractivity contribution in [3.05, 3.63) is 35.9 Å². The summed E-state index contributed by atoms with van der Waals surface area (Å²) in [7, 11) is 1.13. The Morgan fingerprint density at radius 3 is 1.95 bits per heavy atom. The fraction of sp³-hybridized carbons (Fsp3) is 0.556. The van der Waals surface area contributed by atoms with Crippen LogP contribution in [0.25, 0.3) is 0 Å². The molecule has 1 aliphatic heterocycles. The molecular formula is C27H34O14. The van der Waals surface area contributed by atoms with Crippen molar-refractivity contribution in [3.8, 4) is 0 Å². The summed E-state index contributed by atoms with van der Waals surface area (Å²) < 4.78 is 43.5. The average molecular weight is 583 g/mol. The lowest BCUT2D eigenvalue weighted by molar-refractivity contribution is -0.325. The Labute approximate surface area is 236 Å². The molecule has 0 unspecified atom stereocenters. The van der Waals surface area contributed by atoms with Gasteiger partial charge in [0.2, 0.25) is 0 Å². The number of methoxy groups -OCH3 is 1. The molecule has 1 aliphatic rings. The van der Waals surface area contributed by atoms with Crippen molar-refractivity contribution in [1.82, 2.24) is 0 Å². The van der Waals surface area contributed by atoms with Crippen molar-refractivity contribution in [2.24, 2.45) is 0 Å². The van der Waals surface area contributed by atoms with Crippen LogP contribution in [0.1, 0.15) is 46.6 Å². The van der Waals surface area contributed by atoms with E-state index in [9.17, 15) is 28.8 Å². The molecule has 0 aromatic heterocycles. The highest BCUT2D eigenvalue weighted by molar-refractivity contribution is 5.78. The standard InChI is InChI=1S/C27H34O14/c1-15(28)35-14-22(38-17(3)30)24(40-19(5)32)25-23(39-18(4)31)21(37-16(2)29)12-27(34-6,41-25)26(33)36-13-20-10-8-7-9-11-20/h7-11,21-25H,12-14H2,1-6H3/t21-,22+,23-,24-,25-,27-/m1/s1. The van der Waals surface area contributed by atoms with Gasteiger partial charge in [0.15, 0.2) is 18.3 Å². The summed E-state index contributed by atoms with van der Waals surface area (Å²) in [6, 6.07) is 8.69. The average Bonchev–Trinajstić information content (AvgIpc) is 2.89. The molecule has 0 bridgehead atoms. The zero-order valence-electron chi connectivity index (χ0n) is 23.6. The van der Waals surface area contributed by atoms with Gasteiger partial charge in [-0.1, -0.05) is 30.3 Å². The quantitative estimate of drug-likeness (QED) is 0.253. The zero-order valence-corrected chi connectivity index (χ0v) is 23.6. The molecule has 0 saturated carbocycles. The normalized spacial score (nSPS) is 23.2. The summed E-state index contributed by atoms with van der Waals surface area (Å²) in [5, 5.41) is 0. The predicted octanol–water partition coefficient (Wildman–Crippen LogP) is 1.15. The Bertz CT molecular complexity index is 1100. The first kappa shape index (κ1) is 33.2. The maximum Gasteiger partial charge on any atom is 0.367 e. The van der Waals surface area contributed by atoms with E-state index in [1.165, 1.54) is 0 Å². The fourth-order valence-corrected chi connectivity index (χ4v) is 4.17. The van der Waals surface area contributed by atoms with Gasteiger partial charge >= 0.3 is 35.8 Å². The van der Waals surface area contributed by atoms with Gasteiger partial charge in [-0.15, -0.1) is 0 Å². The Morgan fingerprint density at radius 2 is 1.44 bits per heavy atom. The third-order valence-corrected chi connectivity index (χ3v) is 5.72. The van der Waals surface area contributed by atoms with Crippen molar-refractivity contribution < 1.29 is 66.7 Å². The summed E-state index contributed by atoms with van der Waals surface area (Å²) in [5.74, 6) is -7.48. The van der Waals surface area contributed by atoms with E-state index in [4.69, 9.17) is 37.9 Å². The van der Waals surface area contributed by atoms with Crippen LogP contribution in [-0.2, 0) is 73.3 Å². The number of esters is 6. The molecule has 0 radical (unpaired) electrons. The minimum absolute atomic E-state index is 0.180. The summed E-state index contributed by atoms with van der Waals surface area (Å²) in [5.41, 5.74) is 0.642. The van der Waals surface area contributed by atoms with Gasteiger partial charge < -0.3 is 37.9 Å². The molecule has 14 heteroatoms. The largest absolute Gasteiger partial charge is 0.462 e. The van der Waals surface area contributed by atoms with Gasteiger partial charge in [0.25, 0.3) is 5.79 Å². The topological polar surface area (TPSA) is 176 Å². The molecule has 0 aliphatic carbocycles. The molecule has 2 rings (SSSR count). The fourth-order valence-electron chi connectivity index (χ4n) is 4.17. The van der Waals surface area contributed by atoms with Gasteiger partial charge in [-0.3, -0.25) is 24.0 Å². The number of rotatable bonds is 12. The first-order valence-electron chi connectivity index (χ1n) is 12.5. The van der Waals surface area contributed by atoms with Crippen LogP contribution in [0.2, 0.25) is 0 Å². The number of ether oxygens (including phenoxy) is 8. The van der Waals surface area contributed by atoms with Crippen molar-refractivity contribution in [1.29, 1.82) is 0 Å². The van der Waals surface area contributed by atoms with Gasteiger partial charge in [-0.2, -0.15) is 0 Å². The molecule has 0 N–H and O–H groups in total. The monoisotopic (exact) mass is 582 g/mol. The number of hydrogen-bond acceptors (Lipinski definition) is 14. The Kier molecular flexibility index (Phi) is 12.2. The van der Waals surface area contributed by atoms with Crippen LogP contribution in [0.15, 0.2) is 30.3 Å². The Morgan fingerprint density at radius 1 is 0.829 bits per heavy atom. The number of carbonyl (C=O) groups is 6. The highest BCUT2D eigenvalue weighted by atomic mass is 16.7. The molecule has 0 spiro atoms. The first-order valence-corrected chi connectivity index (χ1v) is 12.5. The molecule has 226 valence electrons. The smallest absolute Gasteiger partial charge is 0.367 e. The first-order chi connectivity index (χ1) is 19.3. The molecule has 41 heavy (non-hydrogen) atoms. The van der Waals surface area contributed by atoms with Gasteiger partial charge in [0, 0.05) is 41.7 Å². The molecule has 6 atom stereocenters. The van der Waals surface area contributed by atoms with E-state index in [0.29, 0.717) is 5.56 Å². The third-order valence-electron chi connectivity index (χ3n) is 5.72.